The Morgan fingerprint density at radius 2 is 1.43 bits per heavy atom. The van der Waals surface area contributed by atoms with Crippen molar-refractivity contribution in [2.24, 2.45) is 0 Å². The Morgan fingerprint density at radius 1 is 0.767 bits per heavy atom. The average molecular weight is 399 g/mol. The number of nitrogens with zero attached hydrogens (tertiary/aromatic N) is 1. The minimum Gasteiger partial charge on any atom is -0.457 e. The van der Waals surface area contributed by atoms with Crippen LogP contribution in [-0.2, 0) is 0 Å². The van der Waals surface area contributed by atoms with E-state index in [2.05, 4.69) is 15.6 Å². The van der Waals surface area contributed by atoms with Crippen LogP contribution in [0.1, 0.15) is 10.4 Å². The predicted octanol–water partition coefficient (Wildman–Crippen LogP) is 6.01. The molecule has 0 bridgehead atoms. The molecule has 0 saturated carbocycles. The molecule has 0 unspecified atom stereocenters. The van der Waals surface area contributed by atoms with Gasteiger partial charge in [-0.2, -0.15) is 0 Å². The van der Waals surface area contributed by atoms with Crippen molar-refractivity contribution in [3.8, 4) is 11.5 Å². The van der Waals surface area contributed by atoms with Crippen molar-refractivity contribution in [3.63, 3.8) is 0 Å². The van der Waals surface area contributed by atoms with E-state index in [0.29, 0.717) is 16.9 Å². The van der Waals surface area contributed by atoms with Crippen molar-refractivity contribution in [1.82, 2.24) is 4.98 Å². The second-order valence-electron chi connectivity index (χ2n) is 6.49. The quantitative estimate of drug-likeness (QED) is 0.417. The maximum Gasteiger partial charge on any atom is 0.257 e. The van der Waals surface area contributed by atoms with Crippen molar-refractivity contribution in [2.75, 3.05) is 10.6 Å². The Bertz CT molecular complexity index is 1130. The Kier molecular flexibility index (Phi) is 5.66. The second kappa shape index (κ2) is 8.87. The number of halogens is 1. The number of carbonyl (C=O) groups is 1. The zero-order chi connectivity index (χ0) is 20.8. The van der Waals surface area contributed by atoms with E-state index in [4.69, 9.17) is 4.74 Å². The van der Waals surface area contributed by atoms with E-state index in [1.807, 2.05) is 54.6 Å². The summed E-state index contributed by atoms with van der Waals surface area (Å²) in [6.45, 7) is 0. The van der Waals surface area contributed by atoms with E-state index in [1.165, 1.54) is 30.5 Å². The third-order valence-electron chi connectivity index (χ3n) is 4.22. The molecular formula is C24H18FN3O2. The van der Waals surface area contributed by atoms with Gasteiger partial charge in [0.1, 0.15) is 17.3 Å². The largest absolute Gasteiger partial charge is 0.457 e. The van der Waals surface area contributed by atoms with E-state index >= 15 is 0 Å². The van der Waals surface area contributed by atoms with Crippen molar-refractivity contribution < 1.29 is 13.9 Å². The molecule has 4 rings (SSSR count). The predicted molar refractivity (Wildman–Crippen MR) is 115 cm³/mol. The molecule has 0 aliphatic rings. The number of hydrogen-bond donors (Lipinski definition) is 2. The molecule has 1 aromatic heterocycles. The summed E-state index contributed by atoms with van der Waals surface area (Å²) in [4.78, 5) is 16.6. The van der Waals surface area contributed by atoms with E-state index < -0.39 is 0 Å². The number of benzene rings is 3. The molecule has 0 aliphatic heterocycles. The molecule has 0 spiro atoms. The number of rotatable bonds is 6. The highest BCUT2D eigenvalue weighted by atomic mass is 19.1. The van der Waals surface area contributed by atoms with Crippen molar-refractivity contribution in [3.05, 3.63) is 109 Å². The van der Waals surface area contributed by atoms with Gasteiger partial charge in [-0.3, -0.25) is 9.78 Å². The maximum atomic E-state index is 13.0. The molecule has 1 amide bonds. The summed E-state index contributed by atoms with van der Waals surface area (Å²) in [6.07, 6.45) is 3.10. The lowest BCUT2D eigenvalue weighted by molar-refractivity contribution is 0.102. The van der Waals surface area contributed by atoms with Gasteiger partial charge in [0, 0.05) is 17.6 Å². The molecule has 1 heterocycles. The molecule has 2 N–H and O–H groups in total. The van der Waals surface area contributed by atoms with E-state index in [-0.39, 0.29) is 11.7 Å². The van der Waals surface area contributed by atoms with Crippen LogP contribution in [0.25, 0.3) is 0 Å². The van der Waals surface area contributed by atoms with Crippen molar-refractivity contribution >= 4 is 23.0 Å². The van der Waals surface area contributed by atoms with Gasteiger partial charge in [-0.15, -0.1) is 0 Å². The first-order chi connectivity index (χ1) is 14.7. The third kappa shape index (κ3) is 4.99. The van der Waals surface area contributed by atoms with Gasteiger partial charge in [-0.1, -0.05) is 18.2 Å². The van der Waals surface area contributed by atoms with Gasteiger partial charge in [0.05, 0.1) is 17.4 Å². The standard InChI is InChI=1S/C24H18FN3O2/c25-18-6-8-20(9-7-18)28-24(29)17-14-21(16-26-15-17)27-19-10-12-23(13-11-19)30-22-4-2-1-3-5-22/h1-16,27H,(H,28,29). The highest BCUT2D eigenvalue weighted by Crippen LogP contribution is 2.24. The summed E-state index contributed by atoms with van der Waals surface area (Å²) in [7, 11) is 0. The first-order valence-electron chi connectivity index (χ1n) is 9.28. The average Bonchev–Trinajstić information content (AvgIpc) is 2.78. The third-order valence-corrected chi connectivity index (χ3v) is 4.22. The van der Waals surface area contributed by atoms with E-state index in [0.717, 1.165) is 17.2 Å². The minimum absolute atomic E-state index is 0.329. The zero-order valence-corrected chi connectivity index (χ0v) is 15.9. The zero-order valence-electron chi connectivity index (χ0n) is 15.9. The summed E-state index contributed by atoms with van der Waals surface area (Å²) in [5.74, 6) is 0.796. The molecule has 0 fully saturated rings. The monoisotopic (exact) mass is 399 g/mol. The number of nitrogens with one attached hydrogen (secondary N) is 2. The lowest BCUT2D eigenvalue weighted by Crippen LogP contribution is -2.12. The smallest absolute Gasteiger partial charge is 0.257 e. The van der Waals surface area contributed by atoms with Crippen LogP contribution >= 0.6 is 0 Å². The van der Waals surface area contributed by atoms with Gasteiger partial charge < -0.3 is 15.4 Å². The fourth-order valence-corrected chi connectivity index (χ4v) is 2.77. The van der Waals surface area contributed by atoms with Crippen molar-refractivity contribution in [1.29, 1.82) is 0 Å². The van der Waals surface area contributed by atoms with Crippen LogP contribution in [-0.4, -0.2) is 10.9 Å². The number of para-hydroxylation sites is 1. The fraction of sp³-hybridized carbons (Fsp3) is 0. The SMILES string of the molecule is O=C(Nc1ccc(F)cc1)c1cncc(Nc2ccc(Oc3ccccc3)cc2)c1. The lowest BCUT2D eigenvalue weighted by atomic mass is 10.2. The highest BCUT2D eigenvalue weighted by molar-refractivity contribution is 6.04. The number of amides is 1. The van der Waals surface area contributed by atoms with Gasteiger partial charge in [-0.25, -0.2) is 4.39 Å². The molecule has 0 atom stereocenters. The first-order valence-corrected chi connectivity index (χ1v) is 9.28. The van der Waals surface area contributed by atoms with Gasteiger partial charge in [0.25, 0.3) is 5.91 Å². The first kappa shape index (κ1) is 19.1. The fourth-order valence-electron chi connectivity index (χ4n) is 2.77. The molecule has 30 heavy (non-hydrogen) atoms. The molecular weight excluding hydrogens is 381 g/mol. The number of pyridine rings is 1. The van der Waals surface area contributed by atoms with E-state index in [1.54, 1.807) is 12.3 Å². The molecule has 5 nitrogen and oxygen atoms in total. The number of anilines is 3. The van der Waals surface area contributed by atoms with Crippen molar-refractivity contribution in [2.45, 2.75) is 0 Å². The van der Waals surface area contributed by atoms with Gasteiger partial charge in [0.2, 0.25) is 0 Å². The van der Waals surface area contributed by atoms with Crippen LogP contribution in [0.2, 0.25) is 0 Å². The normalized spacial score (nSPS) is 10.3. The van der Waals surface area contributed by atoms with Gasteiger partial charge in [0.15, 0.2) is 0 Å². The summed E-state index contributed by atoms with van der Waals surface area (Å²) >= 11 is 0. The van der Waals surface area contributed by atoms with Crippen LogP contribution in [0, 0.1) is 5.82 Å². The number of carbonyl (C=O) groups excluding carboxylic acids is 1. The summed E-state index contributed by atoms with van der Waals surface area (Å²) in [5, 5.41) is 5.93. The topological polar surface area (TPSA) is 63.2 Å². The second-order valence-corrected chi connectivity index (χ2v) is 6.49. The molecule has 6 heteroatoms. The molecule has 0 radical (unpaired) electrons. The Balaban J connectivity index is 1.41. The summed E-state index contributed by atoms with van der Waals surface area (Å²) in [6, 6.07) is 24.3. The van der Waals surface area contributed by atoms with Gasteiger partial charge in [-0.05, 0) is 66.7 Å². The molecule has 3 aromatic carbocycles. The Hall–Kier alpha value is -4.19. The summed E-state index contributed by atoms with van der Waals surface area (Å²) in [5.41, 5.74) is 2.38. The van der Waals surface area contributed by atoms with Crippen LogP contribution < -0.4 is 15.4 Å². The number of hydrogen-bond acceptors (Lipinski definition) is 4. The van der Waals surface area contributed by atoms with E-state index in [9.17, 15) is 9.18 Å². The van der Waals surface area contributed by atoms with Crippen LogP contribution in [0.4, 0.5) is 21.5 Å². The molecule has 0 aliphatic carbocycles. The molecule has 0 saturated heterocycles. The van der Waals surface area contributed by atoms with Crippen LogP contribution in [0.5, 0.6) is 11.5 Å². The Labute approximate surface area is 173 Å². The molecule has 4 aromatic rings. The van der Waals surface area contributed by atoms with Crippen LogP contribution in [0.15, 0.2) is 97.3 Å². The Morgan fingerprint density at radius 3 is 2.17 bits per heavy atom. The molecule has 148 valence electrons. The summed E-state index contributed by atoms with van der Waals surface area (Å²) < 4.78 is 18.8. The number of ether oxygens (including phenoxy) is 1. The lowest BCUT2D eigenvalue weighted by Gasteiger charge is -2.10. The maximum absolute atomic E-state index is 13.0. The van der Waals surface area contributed by atoms with Gasteiger partial charge >= 0.3 is 0 Å². The highest BCUT2D eigenvalue weighted by Gasteiger charge is 2.08. The van der Waals surface area contributed by atoms with Crippen LogP contribution in [0.3, 0.4) is 0 Å². The number of aromatic nitrogens is 1. The minimum atomic E-state index is -0.360.